The van der Waals surface area contributed by atoms with E-state index in [4.69, 9.17) is 4.74 Å². The van der Waals surface area contributed by atoms with Crippen molar-refractivity contribution >= 4 is 43.9 Å². The van der Waals surface area contributed by atoms with Crippen molar-refractivity contribution in [1.82, 2.24) is 15.2 Å². The van der Waals surface area contributed by atoms with Gasteiger partial charge >= 0.3 is 0 Å². The number of carbonyl (C=O) groups is 1. The van der Waals surface area contributed by atoms with Crippen molar-refractivity contribution in [2.75, 3.05) is 5.32 Å². The normalized spacial score (nSPS) is 20.2. The summed E-state index contributed by atoms with van der Waals surface area (Å²) >= 11 is 2.98. The molecule has 1 saturated carbocycles. The van der Waals surface area contributed by atoms with E-state index in [9.17, 15) is 4.79 Å². The Balaban J connectivity index is 1.34. The first-order valence-corrected chi connectivity index (χ1v) is 8.98. The van der Waals surface area contributed by atoms with E-state index in [0.717, 1.165) is 21.0 Å². The summed E-state index contributed by atoms with van der Waals surface area (Å²) in [5.41, 5.74) is 2.72. The van der Waals surface area contributed by atoms with Crippen LogP contribution in [0.25, 0.3) is 10.2 Å². The zero-order valence-electron chi connectivity index (χ0n) is 12.4. The SMILES string of the molecule is Cc1nnc(NC(=O)C2CC(Oc3cccc4scnc34)C2)s1. The molecule has 1 aromatic carbocycles. The molecule has 1 aliphatic carbocycles. The number of hydrogen-bond acceptors (Lipinski definition) is 7. The van der Waals surface area contributed by atoms with Crippen LogP contribution in [0.3, 0.4) is 0 Å². The van der Waals surface area contributed by atoms with Gasteiger partial charge in [-0.2, -0.15) is 0 Å². The molecule has 4 rings (SSSR count). The van der Waals surface area contributed by atoms with Crippen LogP contribution in [-0.2, 0) is 4.79 Å². The minimum absolute atomic E-state index is 0.00660. The Morgan fingerprint density at radius 2 is 2.22 bits per heavy atom. The first kappa shape index (κ1) is 14.5. The molecule has 23 heavy (non-hydrogen) atoms. The Hall–Kier alpha value is -2.06. The van der Waals surface area contributed by atoms with E-state index < -0.39 is 0 Å². The predicted octanol–water partition coefficient (Wildman–Crippen LogP) is 3.25. The number of nitrogens with zero attached hydrogens (tertiary/aromatic N) is 3. The van der Waals surface area contributed by atoms with E-state index in [1.165, 1.54) is 11.3 Å². The fourth-order valence-corrected chi connectivity index (χ4v) is 3.85. The Kier molecular flexibility index (Phi) is 3.70. The summed E-state index contributed by atoms with van der Waals surface area (Å²) in [7, 11) is 0. The third-order valence-corrected chi connectivity index (χ3v) is 5.39. The minimum atomic E-state index is -0.0288. The lowest BCUT2D eigenvalue weighted by molar-refractivity contribution is -0.125. The van der Waals surface area contributed by atoms with Gasteiger partial charge in [0.2, 0.25) is 11.0 Å². The highest BCUT2D eigenvalue weighted by Crippen LogP contribution is 2.35. The molecule has 0 spiro atoms. The second-order valence-corrected chi connectivity index (χ2v) is 7.55. The molecule has 0 aliphatic heterocycles. The number of carbonyl (C=O) groups excluding carboxylic acids is 1. The van der Waals surface area contributed by atoms with E-state index in [1.54, 1.807) is 11.3 Å². The van der Waals surface area contributed by atoms with E-state index >= 15 is 0 Å². The Bertz CT molecular complexity index is 854. The van der Waals surface area contributed by atoms with Crippen LogP contribution in [0.4, 0.5) is 5.13 Å². The van der Waals surface area contributed by atoms with Gasteiger partial charge in [-0.15, -0.1) is 21.5 Å². The molecule has 118 valence electrons. The number of ether oxygens (including phenoxy) is 1. The fraction of sp³-hybridized carbons (Fsp3) is 0.333. The van der Waals surface area contributed by atoms with E-state index in [2.05, 4.69) is 20.5 Å². The van der Waals surface area contributed by atoms with Gasteiger partial charge in [0.15, 0.2) is 0 Å². The Labute approximate surface area is 140 Å². The second-order valence-electron chi connectivity index (χ2n) is 5.48. The number of benzene rings is 1. The van der Waals surface area contributed by atoms with Gasteiger partial charge in [-0.25, -0.2) is 4.98 Å². The quantitative estimate of drug-likeness (QED) is 0.785. The van der Waals surface area contributed by atoms with Crippen LogP contribution in [0.5, 0.6) is 5.75 Å². The van der Waals surface area contributed by atoms with Crippen LogP contribution in [0.15, 0.2) is 23.7 Å². The summed E-state index contributed by atoms with van der Waals surface area (Å²) in [6.07, 6.45) is 1.49. The lowest BCUT2D eigenvalue weighted by Gasteiger charge is -2.34. The molecular formula is C15H14N4O2S2. The Morgan fingerprint density at radius 1 is 1.35 bits per heavy atom. The topological polar surface area (TPSA) is 77.0 Å². The van der Waals surface area contributed by atoms with Crippen molar-refractivity contribution in [3.8, 4) is 5.75 Å². The predicted molar refractivity (Wildman–Crippen MR) is 90.0 cm³/mol. The highest BCUT2D eigenvalue weighted by molar-refractivity contribution is 7.16. The summed E-state index contributed by atoms with van der Waals surface area (Å²) in [4.78, 5) is 16.5. The van der Waals surface area contributed by atoms with Crippen LogP contribution in [0, 0.1) is 12.8 Å². The number of amides is 1. The summed E-state index contributed by atoms with van der Waals surface area (Å²) in [6, 6.07) is 5.93. The molecular weight excluding hydrogens is 332 g/mol. The maximum atomic E-state index is 12.1. The monoisotopic (exact) mass is 346 g/mol. The molecule has 1 fully saturated rings. The maximum Gasteiger partial charge on any atom is 0.229 e. The van der Waals surface area contributed by atoms with Crippen molar-refractivity contribution < 1.29 is 9.53 Å². The van der Waals surface area contributed by atoms with Crippen molar-refractivity contribution in [3.63, 3.8) is 0 Å². The van der Waals surface area contributed by atoms with Gasteiger partial charge in [0.25, 0.3) is 0 Å². The number of aromatic nitrogens is 3. The van der Waals surface area contributed by atoms with Gasteiger partial charge in [-0.05, 0) is 31.9 Å². The molecule has 8 heteroatoms. The zero-order chi connectivity index (χ0) is 15.8. The molecule has 0 saturated heterocycles. The smallest absolute Gasteiger partial charge is 0.229 e. The van der Waals surface area contributed by atoms with Crippen LogP contribution >= 0.6 is 22.7 Å². The lowest BCUT2D eigenvalue weighted by Crippen LogP contribution is -2.40. The third kappa shape index (κ3) is 2.91. The molecule has 0 bridgehead atoms. The fourth-order valence-electron chi connectivity index (χ4n) is 2.57. The molecule has 2 heterocycles. The van der Waals surface area contributed by atoms with Crippen molar-refractivity contribution in [3.05, 3.63) is 28.7 Å². The molecule has 3 aromatic rings. The number of rotatable bonds is 4. The van der Waals surface area contributed by atoms with Crippen LogP contribution in [-0.4, -0.2) is 27.2 Å². The molecule has 0 radical (unpaired) electrons. The standard InChI is InChI=1S/C15H14N4O2S2/c1-8-18-19-15(23-8)17-14(20)9-5-10(6-9)21-11-3-2-4-12-13(11)16-7-22-12/h2-4,7,9-10H,5-6H2,1H3,(H,17,19,20). The van der Waals surface area contributed by atoms with Gasteiger partial charge in [0.1, 0.15) is 22.4 Å². The molecule has 0 unspecified atom stereocenters. The van der Waals surface area contributed by atoms with Gasteiger partial charge < -0.3 is 10.1 Å². The molecule has 6 nitrogen and oxygen atoms in total. The van der Waals surface area contributed by atoms with E-state index in [-0.39, 0.29) is 17.9 Å². The van der Waals surface area contributed by atoms with E-state index in [1.807, 2.05) is 30.6 Å². The van der Waals surface area contributed by atoms with Crippen LogP contribution < -0.4 is 10.1 Å². The van der Waals surface area contributed by atoms with Crippen LogP contribution in [0.1, 0.15) is 17.8 Å². The minimum Gasteiger partial charge on any atom is -0.488 e. The number of para-hydroxylation sites is 1. The number of nitrogens with one attached hydrogen (secondary N) is 1. The second kappa shape index (κ2) is 5.86. The van der Waals surface area contributed by atoms with Gasteiger partial charge in [0, 0.05) is 5.92 Å². The molecule has 2 aromatic heterocycles. The third-order valence-electron chi connectivity index (χ3n) is 3.84. The molecule has 1 amide bonds. The summed E-state index contributed by atoms with van der Waals surface area (Å²) < 4.78 is 7.11. The number of aryl methyl sites for hydroxylation is 1. The summed E-state index contributed by atoms with van der Waals surface area (Å²) in [5.74, 6) is 0.763. The van der Waals surface area contributed by atoms with Crippen molar-refractivity contribution in [2.45, 2.75) is 25.9 Å². The first-order chi connectivity index (χ1) is 11.2. The molecule has 0 atom stereocenters. The van der Waals surface area contributed by atoms with E-state index in [0.29, 0.717) is 18.0 Å². The number of thiazole rings is 1. The first-order valence-electron chi connectivity index (χ1n) is 7.29. The summed E-state index contributed by atoms with van der Waals surface area (Å²) in [5, 5.41) is 12.0. The average Bonchev–Trinajstić information content (AvgIpc) is 3.11. The highest BCUT2D eigenvalue weighted by atomic mass is 32.1. The van der Waals surface area contributed by atoms with Gasteiger partial charge in [-0.3, -0.25) is 4.79 Å². The largest absolute Gasteiger partial charge is 0.488 e. The molecule has 1 aliphatic rings. The van der Waals surface area contributed by atoms with Gasteiger partial charge in [0.05, 0.1) is 10.2 Å². The van der Waals surface area contributed by atoms with Crippen molar-refractivity contribution in [2.24, 2.45) is 5.92 Å². The highest BCUT2D eigenvalue weighted by Gasteiger charge is 2.36. The maximum absolute atomic E-state index is 12.1. The Morgan fingerprint density at radius 3 is 3.00 bits per heavy atom. The number of hydrogen-bond donors (Lipinski definition) is 1. The average molecular weight is 346 g/mol. The van der Waals surface area contributed by atoms with Crippen LogP contribution in [0.2, 0.25) is 0 Å². The number of anilines is 1. The van der Waals surface area contributed by atoms with Crippen molar-refractivity contribution in [1.29, 1.82) is 0 Å². The van der Waals surface area contributed by atoms with Gasteiger partial charge in [-0.1, -0.05) is 17.4 Å². The zero-order valence-corrected chi connectivity index (χ0v) is 14.0. The number of fused-ring (bicyclic) bond motifs is 1. The molecule has 1 N–H and O–H groups in total. The lowest BCUT2D eigenvalue weighted by atomic mass is 9.81. The summed E-state index contributed by atoms with van der Waals surface area (Å²) in [6.45, 7) is 1.86.